The van der Waals surface area contributed by atoms with Crippen molar-refractivity contribution < 1.29 is 4.79 Å². The number of aromatic amines is 1. The Morgan fingerprint density at radius 3 is 3.18 bits per heavy atom. The molecule has 4 nitrogen and oxygen atoms in total. The Labute approximate surface area is 63.8 Å². The lowest BCUT2D eigenvalue weighted by molar-refractivity contribution is -0.107. The molecule has 0 saturated heterocycles. The highest BCUT2D eigenvalue weighted by molar-refractivity contribution is 5.54. The third-order valence-corrected chi connectivity index (χ3v) is 1.01. The highest BCUT2D eigenvalue weighted by Crippen LogP contribution is 1.96. The summed E-state index contributed by atoms with van der Waals surface area (Å²) in [6, 6.07) is 1.61. The van der Waals surface area contributed by atoms with Crippen LogP contribution in [-0.2, 0) is 4.79 Å². The molecule has 3 N–H and O–H groups in total. The van der Waals surface area contributed by atoms with E-state index in [0.29, 0.717) is 11.5 Å². The summed E-state index contributed by atoms with van der Waals surface area (Å²) in [5, 5.41) is 6.26. The molecular formula is C7H7N3O. The number of hydrogen-bond donors (Lipinski definition) is 2. The Balaban J connectivity index is 2.65. The van der Waals surface area contributed by atoms with Gasteiger partial charge in [0.25, 0.3) is 0 Å². The molecular weight excluding hydrogens is 142 g/mol. The number of nitrogens with two attached hydrogens (primary N) is 1. The van der Waals surface area contributed by atoms with E-state index in [9.17, 15) is 4.79 Å². The van der Waals surface area contributed by atoms with Crippen molar-refractivity contribution in [1.29, 1.82) is 0 Å². The van der Waals surface area contributed by atoms with Gasteiger partial charge in [0, 0.05) is 6.07 Å². The van der Waals surface area contributed by atoms with Crippen LogP contribution < -0.4 is 5.73 Å². The minimum absolute atomic E-state index is 0.235. The predicted octanol–water partition coefficient (Wildman–Crippen LogP) is -0.0676. The maximum Gasteiger partial charge on any atom is 0.146 e. The third-order valence-electron chi connectivity index (χ3n) is 1.01. The molecule has 0 unspecified atom stereocenters. The molecule has 0 aliphatic heterocycles. The summed E-state index contributed by atoms with van der Waals surface area (Å²) >= 11 is 0. The van der Waals surface area contributed by atoms with Crippen LogP contribution in [0.5, 0.6) is 0 Å². The zero-order chi connectivity index (χ0) is 8.10. The summed E-state index contributed by atoms with van der Waals surface area (Å²) in [4.78, 5) is 9.85. The zero-order valence-electron chi connectivity index (χ0n) is 5.79. The molecule has 0 aromatic carbocycles. The maximum absolute atomic E-state index is 9.85. The monoisotopic (exact) mass is 149 g/mol. The lowest BCUT2D eigenvalue weighted by Gasteiger charge is -1.73. The van der Waals surface area contributed by atoms with Crippen LogP contribution in [0.4, 0.5) is 5.82 Å². The summed E-state index contributed by atoms with van der Waals surface area (Å²) < 4.78 is 0. The first-order valence-electron chi connectivity index (χ1n) is 3.06. The molecule has 0 fully saturated rings. The van der Waals surface area contributed by atoms with Crippen molar-refractivity contribution in [2.45, 2.75) is 6.42 Å². The topological polar surface area (TPSA) is 71.8 Å². The van der Waals surface area contributed by atoms with Gasteiger partial charge in [0.05, 0.1) is 6.42 Å². The fraction of sp³-hybridized carbons (Fsp3) is 0.143. The lowest BCUT2D eigenvalue weighted by atomic mass is 10.4. The van der Waals surface area contributed by atoms with Crippen LogP contribution in [0.1, 0.15) is 12.1 Å². The van der Waals surface area contributed by atoms with Crippen molar-refractivity contribution in [2.24, 2.45) is 0 Å². The number of nitrogens with zero attached hydrogens (tertiary/aromatic N) is 1. The number of carbonyl (C=O) groups excluding carboxylic acids is 1. The van der Waals surface area contributed by atoms with Crippen molar-refractivity contribution in [3.05, 3.63) is 11.8 Å². The van der Waals surface area contributed by atoms with Crippen molar-refractivity contribution >= 4 is 12.1 Å². The smallest absolute Gasteiger partial charge is 0.146 e. The lowest BCUT2D eigenvalue weighted by Crippen LogP contribution is -1.81. The Morgan fingerprint density at radius 1 is 1.82 bits per heavy atom. The average molecular weight is 149 g/mol. The summed E-state index contributed by atoms with van der Waals surface area (Å²) in [5.41, 5.74) is 5.93. The van der Waals surface area contributed by atoms with Crippen molar-refractivity contribution in [3.8, 4) is 11.8 Å². The highest BCUT2D eigenvalue weighted by atomic mass is 16.1. The predicted molar refractivity (Wildman–Crippen MR) is 40.6 cm³/mol. The van der Waals surface area contributed by atoms with E-state index in [2.05, 4.69) is 22.0 Å². The zero-order valence-corrected chi connectivity index (χ0v) is 5.79. The number of hydrogen-bond acceptors (Lipinski definition) is 3. The minimum atomic E-state index is 0.235. The fourth-order valence-electron chi connectivity index (χ4n) is 0.589. The van der Waals surface area contributed by atoms with Crippen LogP contribution >= 0.6 is 0 Å². The molecule has 1 rings (SSSR count). The summed E-state index contributed by atoms with van der Waals surface area (Å²) in [6.07, 6.45) is 0.978. The minimum Gasteiger partial charge on any atom is -0.382 e. The van der Waals surface area contributed by atoms with E-state index in [1.54, 1.807) is 6.07 Å². The molecule has 56 valence electrons. The number of nitrogens with one attached hydrogen (secondary N) is 1. The van der Waals surface area contributed by atoms with Gasteiger partial charge in [-0.25, -0.2) is 0 Å². The number of rotatable bonds is 1. The molecule has 0 amide bonds. The molecule has 1 aromatic heterocycles. The molecule has 1 aromatic rings. The van der Waals surface area contributed by atoms with Gasteiger partial charge in [0.2, 0.25) is 0 Å². The molecule has 0 bridgehead atoms. The van der Waals surface area contributed by atoms with Gasteiger partial charge in [-0.1, -0.05) is 5.92 Å². The number of anilines is 1. The molecule has 0 atom stereocenters. The first kappa shape index (κ1) is 7.35. The van der Waals surface area contributed by atoms with Gasteiger partial charge >= 0.3 is 0 Å². The molecule has 11 heavy (non-hydrogen) atoms. The first-order chi connectivity index (χ1) is 5.33. The van der Waals surface area contributed by atoms with E-state index in [0.717, 1.165) is 6.29 Å². The number of nitrogen functional groups attached to an aromatic ring is 1. The van der Waals surface area contributed by atoms with Gasteiger partial charge in [-0.2, -0.15) is 5.10 Å². The summed E-state index contributed by atoms with van der Waals surface area (Å²) in [5.74, 6) is 5.71. The van der Waals surface area contributed by atoms with Crippen molar-refractivity contribution in [3.63, 3.8) is 0 Å². The quantitative estimate of drug-likeness (QED) is 0.433. The second kappa shape index (κ2) is 3.42. The molecule has 0 spiro atoms. The number of H-pyrrole nitrogens is 1. The second-order valence-corrected chi connectivity index (χ2v) is 1.88. The Bertz CT molecular complexity index is 305. The van der Waals surface area contributed by atoms with Gasteiger partial charge in [-0.15, -0.1) is 0 Å². The fourth-order valence-corrected chi connectivity index (χ4v) is 0.589. The number of carbonyl (C=O) groups is 1. The summed E-state index contributed by atoms with van der Waals surface area (Å²) in [7, 11) is 0. The highest BCUT2D eigenvalue weighted by Gasteiger charge is 1.89. The molecule has 4 heteroatoms. The van der Waals surface area contributed by atoms with Crippen molar-refractivity contribution in [1.82, 2.24) is 10.2 Å². The van der Waals surface area contributed by atoms with E-state index in [4.69, 9.17) is 5.73 Å². The first-order valence-corrected chi connectivity index (χ1v) is 3.06. The van der Waals surface area contributed by atoms with Crippen LogP contribution in [0.25, 0.3) is 0 Å². The second-order valence-electron chi connectivity index (χ2n) is 1.88. The third kappa shape index (κ3) is 2.14. The van der Waals surface area contributed by atoms with Crippen LogP contribution in [0, 0.1) is 11.8 Å². The molecule has 0 saturated carbocycles. The largest absolute Gasteiger partial charge is 0.382 e. The Morgan fingerprint density at radius 2 is 2.64 bits per heavy atom. The van der Waals surface area contributed by atoms with E-state index < -0.39 is 0 Å². The molecule has 0 radical (unpaired) electrons. The van der Waals surface area contributed by atoms with Crippen LogP contribution in [0.3, 0.4) is 0 Å². The van der Waals surface area contributed by atoms with E-state index in [1.807, 2.05) is 0 Å². The van der Waals surface area contributed by atoms with Crippen LogP contribution in [-0.4, -0.2) is 16.5 Å². The van der Waals surface area contributed by atoms with E-state index in [-0.39, 0.29) is 6.42 Å². The van der Waals surface area contributed by atoms with Gasteiger partial charge in [0.15, 0.2) is 0 Å². The van der Waals surface area contributed by atoms with Crippen molar-refractivity contribution in [2.75, 3.05) is 5.73 Å². The average Bonchev–Trinajstić information content (AvgIpc) is 2.37. The molecule has 0 aliphatic rings. The standard InChI is InChI=1S/C7H7N3O/c8-7-5-6(9-10-7)3-1-2-4-11/h4-5H,2H2,(H3,8,9,10). The van der Waals surface area contributed by atoms with Gasteiger partial charge in [-0.3, -0.25) is 5.10 Å². The SMILES string of the molecule is Nc1cc(C#CCC=O)[nH]n1. The number of aldehydes is 1. The normalized spacial score (nSPS) is 8.36. The van der Waals surface area contributed by atoms with Gasteiger partial charge < -0.3 is 10.5 Å². The summed E-state index contributed by atoms with van der Waals surface area (Å²) in [6.45, 7) is 0. The maximum atomic E-state index is 9.85. The van der Waals surface area contributed by atoms with Gasteiger partial charge in [-0.05, 0) is 5.92 Å². The molecule has 0 aliphatic carbocycles. The van der Waals surface area contributed by atoms with Gasteiger partial charge in [0.1, 0.15) is 17.8 Å². The molecule has 1 heterocycles. The Kier molecular flexibility index (Phi) is 2.28. The number of aromatic nitrogens is 2. The Hall–Kier alpha value is -1.76. The van der Waals surface area contributed by atoms with Crippen LogP contribution in [0.2, 0.25) is 0 Å². The van der Waals surface area contributed by atoms with E-state index in [1.165, 1.54) is 0 Å². The van der Waals surface area contributed by atoms with Crippen LogP contribution in [0.15, 0.2) is 6.07 Å². The van der Waals surface area contributed by atoms with E-state index >= 15 is 0 Å².